The maximum atomic E-state index is 11.5. The highest BCUT2D eigenvalue weighted by Gasteiger charge is 2.24. The van der Waals surface area contributed by atoms with Gasteiger partial charge in [-0.1, -0.05) is 29.5 Å². The summed E-state index contributed by atoms with van der Waals surface area (Å²) in [4.78, 5) is 23.1. The van der Waals surface area contributed by atoms with Crippen molar-refractivity contribution in [1.29, 1.82) is 0 Å². The third-order valence-corrected chi connectivity index (χ3v) is 4.14. The number of carbonyl (C=O) groups excluding carboxylic acids is 1. The summed E-state index contributed by atoms with van der Waals surface area (Å²) in [5.74, 6) is -0.189. The third kappa shape index (κ3) is 2.75. The van der Waals surface area contributed by atoms with Gasteiger partial charge in [-0.05, 0) is 19.1 Å². The predicted molar refractivity (Wildman–Crippen MR) is 77.4 cm³/mol. The molecule has 20 heavy (non-hydrogen) atoms. The first-order valence-corrected chi connectivity index (χ1v) is 6.81. The minimum absolute atomic E-state index is 0.0386. The van der Waals surface area contributed by atoms with E-state index in [-0.39, 0.29) is 11.5 Å². The number of aromatic nitrogens is 1. The van der Waals surface area contributed by atoms with Gasteiger partial charge in [0.2, 0.25) is 0 Å². The Morgan fingerprint density at radius 3 is 2.40 bits per heavy atom. The largest absolute Gasteiger partial charge is 0.330 e. The van der Waals surface area contributed by atoms with Crippen molar-refractivity contribution in [1.82, 2.24) is 4.57 Å². The van der Waals surface area contributed by atoms with Crippen LogP contribution >= 0.6 is 11.8 Å². The molecular formula is C14H14N2O3S. The molecule has 0 aliphatic heterocycles. The number of nitro groups is 1. The molecule has 1 aromatic heterocycles. The summed E-state index contributed by atoms with van der Waals surface area (Å²) in [7, 11) is 1.67. The molecule has 1 heterocycles. The molecule has 0 aliphatic carbocycles. The molecule has 0 saturated carbocycles. The molecule has 0 spiro atoms. The van der Waals surface area contributed by atoms with Crippen LogP contribution in [0.25, 0.3) is 0 Å². The second kappa shape index (κ2) is 5.50. The van der Waals surface area contributed by atoms with Gasteiger partial charge in [0, 0.05) is 24.9 Å². The molecule has 104 valence electrons. The fourth-order valence-electron chi connectivity index (χ4n) is 1.88. The van der Waals surface area contributed by atoms with Crippen molar-refractivity contribution in [2.24, 2.45) is 7.05 Å². The van der Waals surface area contributed by atoms with E-state index in [0.29, 0.717) is 10.7 Å². The van der Waals surface area contributed by atoms with Crippen molar-refractivity contribution in [3.05, 3.63) is 51.7 Å². The number of nitrogens with zero attached hydrogens (tertiary/aromatic N) is 2. The smallest absolute Gasteiger partial charge is 0.302 e. The van der Waals surface area contributed by atoms with Gasteiger partial charge in [-0.15, -0.1) is 0 Å². The van der Waals surface area contributed by atoms with Crippen LogP contribution < -0.4 is 0 Å². The zero-order valence-corrected chi connectivity index (χ0v) is 12.2. The first-order valence-electron chi connectivity index (χ1n) is 5.99. The predicted octanol–water partition coefficient (Wildman–Crippen LogP) is 3.60. The Morgan fingerprint density at radius 2 is 1.90 bits per heavy atom. The average molecular weight is 290 g/mol. The van der Waals surface area contributed by atoms with Crippen LogP contribution in [0.5, 0.6) is 0 Å². The van der Waals surface area contributed by atoms with Crippen LogP contribution in [0.3, 0.4) is 0 Å². The minimum Gasteiger partial charge on any atom is -0.330 e. The van der Waals surface area contributed by atoms with Crippen molar-refractivity contribution in [3.8, 4) is 0 Å². The van der Waals surface area contributed by atoms with Gasteiger partial charge in [-0.3, -0.25) is 14.9 Å². The van der Waals surface area contributed by atoms with Crippen LogP contribution in [0.4, 0.5) is 5.69 Å². The van der Waals surface area contributed by atoms with Crippen LogP contribution in [0.2, 0.25) is 0 Å². The number of carbonyl (C=O) groups is 1. The standard InChI is InChI=1S/C14H14N2O3S/c1-9-4-6-11(7-5-9)20-14-13(16(18)19)8-12(10(2)17)15(14)3/h4-8H,1-3H3. The van der Waals surface area contributed by atoms with Crippen LogP contribution in [-0.2, 0) is 7.05 Å². The molecule has 2 aromatic rings. The Hall–Kier alpha value is -2.08. The van der Waals surface area contributed by atoms with Gasteiger partial charge < -0.3 is 4.57 Å². The van der Waals surface area contributed by atoms with Gasteiger partial charge in [0.05, 0.1) is 10.6 Å². The Kier molecular flexibility index (Phi) is 3.94. The van der Waals surface area contributed by atoms with Crippen LogP contribution in [0.1, 0.15) is 23.0 Å². The maximum Gasteiger partial charge on any atom is 0.302 e. The molecule has 1 aromatic carbocycles. The van der Waals surface area contributed by atoms with Crippen LogP contribution in [0.15, 0.2) is 40.3 Å². The first-order chi connectivity index (χ1) is 9.40. The number of hydrogen-bond acceptors (Lipinski definition) is 4. The molecule has 6 heteroatoms. The van der Waals surface area contributed by atoms with E-state index in [1.165, 1.54) is 24.8 Å². The third-order valence-electron chi connectivity index (χ3n) is 2.95. The Balaban J connectivity index is 2.46. The number of Topliss-reactive ketones (excluding diaryl/α,β-unsaturated/α-hetero) is 1. The van der Waals surface area contributed by atoms with E-state index in [2.05, 4.69) is 0 Å². The monoisotopic (exact) mass is 290 g/mol. The van der Waals surface area contributed by atoms with Gasteiger partial charge in [-0.25, -0.2) is 0 Å². The SMILES string of the molecule is CC(=O)c1cc([N+](=O)[O-])c(Sc2ccc(C)cc2)n1C. The summed E-state index contributed by atoms with van der Waals surface area (Å²) in [5.41, 5.74) is 1.43. The van der Waals surface area contributed by atoms with Crippen LogP contribution in [0, 0.1) is 17.0 Å². The molecule has 0 atom stereocenters. The van der Waals surface area contributed by atoms with Gasteiger partial charge in [0.25, 0.3) is 0 Å². The lowest BCUT2D eigenvalue weighted by atomic mass is 10.2. The highest BCUT2D eigenvalue weighted by Crippen LogP contribution is 2.36. The van der Waals surface area contributed by atoms with Gasteiger partial charge in [-0.2, -0.15) is 0 Å². The zero-order chi connectivity index (χ0) is 14.9. The summed E-state index contributed by atoms with van der Waals surface area (Å²) in [6.45, 7) is 3.38. The Labute approximate surface area is 120 Å². The van der Waals surface area contributed by atoms with E-state index in [4.69, 9.17) is 0 Å². The molecule has 2 rings (SSSR count). The molecule has 0 amide bonds. The zero-order valence-electron chi connectivity index (χ0n) is 11.4. The van der Waals surface area contributed by atoms with Crippen molar-refractivity contribution < 1.29 is 9.72 Å². The Morgan fingerprint density at radius 1 is 1.30 bits per heavy atom. The highest BCUT2D eigenvalue weighted by molar-refractivity contribution is 7.99. The number of aryl methyl sites for hydroxylation is 1. The second-order valence-electron chi connectivity index (χ2n) is 4.51. The maximum absolute atomic E-state index is 11.5. The van der Waals surface area contributed by atoms with Crippen molar-refractivity contribution >= 4 is 23.2 Å². The summed E-state index contributed by atoms with van der Waals surface area (Å²) < 4.78 is 1.57. The molecular weight excluding hydrogens is 276 g/mol. The molecule has 0 aliphatic rings. The van der Waals surface area contributed by atoms with Crippen LogP contribution in [-0.4, -0.2) is 15.3 Å². The summed E-state index contributed by atoms with van der Waals surface area (Å²) in [6, 6.07) is 9.04. The molecule has 0 unspecified atom stereocenters. The molecule has 0 saturated heterocycles. The van der Waals surface area contributed by atoms with E-state index in [0.717, 1.165) is 10.5 Å². The lowest BCUT2D eigenvalue weighted by Crippen LogP contribution is -2.02. The van der Waals surface area contributed by atoms with E-state index in [1.54, 1.807) is 11.6 Å². The summed E-state index contributed by atoms with van der Waals surface area (Å²) >= 11 is 1.29. The topological polar surface area (TPSA) is 65.1 Å². The van der Waals surface area contributed by atoms with Crippen molar-refractivity contribution in [2.45, 2.75) is 23.8 Å². The van der Waals surface area contributed by atoms with Crippen molar-refractivity contribution in [2.75, 3.05) is 0 Å². The number of hydrogen-bond donors (Lipinski definition) is 0. The lowest BCUT2D eigenvalue weighted by Gasteiger charge is -2.05. The van der Waals surface area contributed by atoms with E-state index in [9.17, 15) is 14.9 Å². The minimum atomic E-state index is -0.455. The fourth-order valence-corrected chi connectivity index (χ4v) is 2.85. The molecule has 0 radical (unpaired) electrons. The van der Waals surface area contributed by atoms with E-state index < -0.39 is 4.92 Å². The molecule has 5 nitrogen and oxygen atoms in total. The van der Waals surface area contributed by atoms with E-state index in [1.807, 2.05) is 31.2 Å². The highest BCUT2D eigenvalue weighted by atomic mass is 32.2. The van der Waals surface area contributed by atoms with Gasteiger partial charge in [0.15, 0.2) is 10.8 Å². The van der Waals surface area contributed by atoms with Gasteiger partial charge >= 0.3 is 5.69 Å². The number of rotatable bonds is 4. The molecule has 0 fully saturated rings. The summed E-state index contributed by atoms with van der Waals surface area (Å²) in [5, 5.41) is 11.6. The normalized spacial score (nSPS) is 10.6. The van der Waals surface area contributed by atoms with Crippen molar-refractivity contribution in [3.63, 3.8) is 0 Å². The molecule has 0 bridgehead atoms. The second-order valence-corrected chi connectivity index (χ2v) is 5.57. The first kappa shape index (κ1) is 14.3. The average Bonchev–Trinajstić information content (AvgIpc) is 2.70. The van der Waals surface area contributed by atoms with Gasteiger partial charge in [0.1, 0.15) is 0 Å². The number of ketones is 1. The quantitative estimate of drug-likeness (QED) is 0.490. The fraction of sp³-hybridized carbons (Fsp3) is 0.214. The number of benzene rings is 1. The Bertz CT molecular complexity index is 674. The summed E-state index contributed by atoms with van der Waals surface area (Å²) in [6.07, 6.45) is 0. The molecule has 0 N–H and O–H groups in total. The van der Waals surface area contributed by atoms with E-state index >= 15 is 0 Å². The lowest BCUT2D eigenvalue weighted by molar-refractivity contribution is -0.387.